The van der Waals surface area contributed by atoms with Gasteiger partial charge in [-0.2, -0.15) is 4.98 Å². The van der Waals surface area contributed by atoms with Crippen molar-refractivity contribution >= 4 is 27.5 Å². The quantitative estimate of drug-likeness (QED) is 0.797. The molecule has 3 aromatic rings. The molecule has 3 rings (SSSR count). The van der Waals surface area contributed by atoms with Crippen LogP contribution in [0.1, 0.15) is 5.56 Å². The number of nitrogens with one attached hydrogen (secondary N) is 1. The van der Waals surface area contributed by atoms with Gasteiger partial charge in [0.1, 0.15) is 5.75 Å². The van der Waals surface area contributed by atoms with Crippen LogP contribution in [0.5, 0.6) is 5.75 Å². The lowest BCUT2D eigenvalue weighted by Crippen LogP contribution is -2.01. The van der Waals surface area contributed by atoms with Crippen LogP contribution in [0, 0.1) is 0 Å². The predicted octanol–water partition coefficient (Wildman–Crippen LogP) is 3.11. The molecule has 0 saturated heterocycles. The van der Waals surface area contributed by atoms with Gasteiger partial charge < -0.3 is 10.1 Å². The lowest BCUT2D eigenvalue weighted by molar-refractivity contribution is 0.414. The van der Waals surface area contributed by atoms with Gasteiger partial charge in [0.15, 0.2) is 5.65 Å². The number of hydrogen-bond donors (Lipinski definition) is 1. The highest BCUT2D eigenvalue weighted by Crippen LogP contribution is 2.17. The Hall–Kier alpha value is -2.08. The van der Waals surface area contributed by atoms with Crippen molar-refractivity contribution in [2.45, 2.75) is 6.54 Å². The first-order chi connectivity index (χ1) is 9.76. The van der Waals surface area contributed by atoms with Crippen molar-refractivity contribution in [1.29, 1.82) is 0 Å². The summed E-state index contributed by atoms with van der Waals surface area (Å²) >= 11 is 3.46. The molecule has 102 valence electrons. The van der Waals surface area contributed by atoms with Crippen molar-refractivity contribution in [3.05, 3.63) is 52.6 Å². The zero-order valence-corrected chi connectivity index (χ0v) is 12.5. The standard InChI is InChI=1S/C14H13BrN4O/c1-20-11-6-4-10(5-7-11)9-16-14-17-13-12(15)3-2-8-19(13)18-14/h2-8H,9H2,1H3,(H,16,18). The smallest absolute Gasteiger partial charge is 0.243 e. The molecular weight excluding hydrogens is 320 g/mol. The number of hydrogen-bond acceptors (Lipinski definition) is 4. The summed E-state index contributed by atoms with van der Waals surface area (Å²) in [5.41, 5.74) is 1.94. The topological polar surface area (TPSA) is 51.5 Å². The zero-order valence-electron chi connectivity index (χ0n) is 10.9. The fraction of sp³-hybridized carbons (Fsp3) is 0.143. The molecule has 0 unspecified atom stereocenters. The van der Waals surface area contributed by atoms with Gasteiger partial charge in [-0.05, 0) is 45.8 Å². The van der Waals surface area contributed by atoms with Crippen molar-refractivity contribution in [1.82, 2.24) is 14.6 Å². The third-order valence-electron chi connectivity index (χ3n) is 2.92. The lowest BCUT2D eigenvalue weighted by Gasteiger charge is -2.03. The fourth-order valence-corrected chi connectivity index (χ4v) is 2.30. The van der Waals surface area contributed by atoms with Gasteiger partial charge in [-0.3, -0.25) is 0 Å². The summed E-state index contributed by atoms with van der Waals surface area (Å²) in [4.78, 5) is 4.43. The Kier molecular flexibility index (Phi) is 3.56. The lowest BCUT2D eigenvalue weighted by atomic mass is 10.2. The van der Waals surface area contributed by atoms with E-state index < -0.39 is 0 Å². The first-order valence-corrected chi connectivity index (χ1v) is 6.93. The third kappa shape index (κ3) is 2.60. The van der Waals surface area contributed by atoms with Crippen LogP contribution in [0.15, 0.2) is 47.1 Å². The molecule has 1 aromatic carbocycles. The molecule has 1 N–H and O–H groups in total. The van der Waals surface area contributed by atoms with E-state index in [0.717, 1.165) is 21.4 Å². The minimum atomic E-state index is 0.604. The second kappa shape index (κ2) is 5.50. The van der Waals surface area contributed by atoms with Gasteiger partial charge in [0.25, 0.3) is 0 Å². The molecule has 20 heavy (non-hydrogen) atoms. The van der Waals surface area contributed by atoms with Gasteiger partial charge in [0, 0.05) is 12.7 Å². The third-order valence-corrected chi connectivity index (χ3v) is 3.54. The van der Waals surface area contributed by atoms with Crippen molar-refractivity contribution in [2.24, 2.45) is 0 Å². The maximum atomic E-state index is 5.13. The van der Waals surface area contributed by atoms with E-state index in [1.54, 1.807) is 11.6 Å². The molecule has 5 nitrogen and oxygen atoms in total. The summed E-state index contributed by atoms with van der Waals surface area (Å²) in [5, 5.41) is 7.57. The number of methoxy groups -OCH3 is 1. The zero-order chi connectivity index (χ0) is 13.9. The number of halogens is 1. The number of rotatable bonds is 4. The van der Waals surface area contributed by atoms with Crippen molar-refractivity contribution in [3.63, 3.8) is 0 Å². The summed E-state index contributed by atoms with van der Waals surface area (Å²) < 4.78 is 7.79. The Bertz CT molecular complexity index is 724. The summed E-state index contributed by atoms with van der Waals surface area (Å²) in [7, 11) is 1.66. The molecule has 0 bridgehead atoms. The highest BCUT2D eigenvalue weighted by molar-refractivity contribution is 9.10. The number of anilines is 1. The normalized spacial score (nSPS) is 10.7. The van der Waals surface area contributed by atoms with Crippen LogP contribution in [-0.2, 0) is 6.54 Å². The van der Waals surface area contributed by atoms with Crippen LogP contribution in [0.25, 0.3) is 5.65 Å². The number of nitrogens with zero attached hydrogens (tertiary/aromatic N) is 3. The first kappa shape index (κ1) is 12.9. The van der Waals surface area contributed by atoms with Gasteiger partial charge in [-0.25, -0.2) is 4.52 Å². The van der Waals surface area contributed by atoms with Crippen molar-refractivity contribution in [2.75, 3.05) is 12.4 Å². The van der Waals surface area contributed by atoms with E-state index in [1.165, 1.54) is 0 Å². The van der Waals surface area contributed by atoms with E-state index in [-0.39, 0.29) is 0 Å². The second-order valence-corrected chi connectivity index (χ2v) is 5.12. The Labute approximate surface area is 124 Å². The molecule has 2 heterocycles. The van der Waals surface area contributed by atoms with Gasteiger partial charge in [-0.1, -0.05) is 12.1 Å². The minimum Gasteiger partial charge on any atom is -0.497 e. The van der Waals surface area contributed by atoms with E-state index in [4.69, 9.17) is 4.74 Å². The van der Waals surface area contributed by atoms with Crippen molar-refractivity contribution in [3.8, 4) is 5.75 Å². The van der Waals surface area contributed by atoms with Crippen LogP contribution in [0.2, 0.25) is 0 Å². The molecule has 0 aliphatic heterocycles. The summed E-state index contributed by atoms with van der Waals surface area (Å²) in [5.74, 6) is 1.45. The van der Waals surface area contributed by atoms with Gasteiger partial charge in [-0.15, -0.1) is 5.10 Å². The van der Waals surface area contributed by atoms with Crippen LogP contribution in [0.3, 0.4) is 0 Å². The van der Waals surface area contributed by atoms with E-state index in [2.05, 4.69) is 31.3 Å². The SMILES string of the molecule is COc1ccc(CNc2nc3c(Br)cccn3n2)cc1. The summed E-state index contributed by atoms with van der Waals surface area (Å²) in [6.45, 7) is 0.665. The number of pyridine rings is 1. The molecule has 0 saturated carbocycles. The largest absolute Gasteiger partial charge is 0.497 e. The van der Waals surface area contributed by atoms with Crippen LogP contribution >= 0.6 is 15.9 Å². The van der Waals surface area contributed by atoms with Crippen LogP contribution < -0.4 is 10.1 Å². The number of ether oxygens (including phenoxy) is 1. The Balaban J connectivity index is 1.74. The second-order valence-electron chi connectivity index (χ2n) is 4.26. The maximum Gasteiger partial charge on any atom is 0.243 e. The van der Waals surface area contributed by atoms with Crippen LogP contribution in [0.4, 0.5) is 5.95 Å². The van der Waals surface area contributed by atoms with Gasteiger partial charge in [0.2, 0.25) is 5.95 Å². The molecule has 0 radical (unpaired) electrons. The molecule has 2 aromatic heterocycles. The molecule has 0 spiro atoms. The predicted molar refractivity (Wildman–Crippen MR) is 81.0 cm³/mol. The molecule has 0 amide bonds. The highest BCUT2D eigenvalue weighted by Gasteiger charge is 2.05. The average molecular weight is 333 g/mol. The monoisotopic (exact) mass is 332 g/mol. The fourth-order valence-electron chi connectivity index (χ4n) is 1.87. The molecular formula is C14H13BrN4O. The molecule has 0 aliphatic rings. The molecule has 6 heteroatoms. The molecule has 0 fully saturated rings. The molecule has 0 aliphatic carbocycles. The average Bonchev–Trinajstić information content (AvgIpc) is 2.90. The van der Waals surface area contributed by atoms with E-state index in [9.17, 15) is 0 Å². The highest BCUT2D eigenvalue weighted by atomic mass is 79.9. The van der Waals surface area contributed by atoms with Crippen LogP contribution in [-0.4, -0.2) is 21.7 Å². The number of fused-ring (bicyclic) bond motifs is 1. The molecule has 0 atom stereocenters. The van der Waals surface area contributed by atoms with Gasteiger partial charge >= 0.3 is 0 Å². The maximum absolute atomic E-state index is 5.13. The Morgan fingerprint density at radius 2 is 2.05 bits per heavy atom. The number of benzene rings is 1. The van der Waals surface area contributed by atoms with E-state index >= 15 is 0 Å². The van der Waals surface area contributed by atoms with E-state index in [0.29, 0.717) is 12.5 Å². The summed E-state index contributed by atoms with van der Waals surface area (Å²) in [6.07, 6.45) is 1.87. The Morgan fingerprint density at radius 3 is 2.75 bits per heavy atom. The Morgan fingerprint density at radius 1 is 1.25 bits per heavy atom. The minimum absolute atomic E-state index is 0.604. The van der Waals surface area contributed by atoms with Gasteiger partial charge in [0.05, 0.1) is 11.6 Å². The van der Waals surface area contributed by atoms with E-state index in [1.807, 2.05) is 42.6 Å². The first-order valence-electron chi connectivity index (χ1n) is 6.14. The van der Waals surface area contributed by atoms with Crippen molar-refractivity contribution < 1.29 is 4.74 Å². The number of aromatic nitrogens is 3. The summed E-state index contributed by atoms with van der Waals surface area (Å²) in [6, 6.07) is 11.8.